The first-order chi connectivity index (χ1) is 17.7. The fourth-order valence-electron chi connectivity index (χ4n) is 5.15. The molecule has 2 fully saturated rings. The molecule has 0 spiro atoms. The molecule has 1 aromatic carbocycles. The lowest BCUT2D eigenvalue weighted by molar-refractivity contribution is -0.137. The summed E-state index contributed by atoms with van der Waals surface area (Å²) in [4.78, 5) is 32.0. The summed E-state index contributed by atoms with van der Waals surface area (Å²) in [5.74, 6) is 0.412. The molecule has 37 heavy (non-hydrogen) atoms. The van der Waals surface area contributed by atoms with E-state index in [1.807, 2.05) is 23.1 Å². The molecule has 1 aliphatic heterocycles. The van der Waals surface area contributed by atoms with E-state index in [0.717, 1.165) is 43.7 Å². The van der Waals surface area contributed by atoms with Crippen LogP contribution in [0, 0.1) is 5.92 Å². The summed E-state index contributed by atoms with van der Waals surface area (Å²) in [6.45, 7) is 4.10. The van der Waals surface area contributed by atoms with Crippen molar-refractivity contribution in [2.45, 2.75) is 44.4 Å². The minimum Gasteiger partial charge on any atom is -0.388 e. The SMILES string of the molecule is CN(C)CCN(C)Cc1cccc(-n2ncc3c(=O)n(CC4(O)CCN(C(=O)C5CC5)CC4)ccc32)c1. The molecule has 9 heteroatoms. The number of carbonyl (C=O) groups is 1. The van der Waals surface area contributed by atoms with Gasteiger partial charge in [-0.05, 0) is 70.6 Å². The predicted octanol–water partition coefficient (Wildman–Crippen LogP) is 1.94. The molecule has 0 radical (unpaired) electrons. The van der Waals surface area contributed by atoms with Gasteiger partial charge >= 0.3 is 0 Å². The van der Waals surface area contributed by atoms with E-state index in [1.54, 1.807) is 21.6 Å². The molecule has 0 atom stereocenters. The summed E-state index contributed by atoms with van der Waals surface area (Å²) in [5, 5.41) is 16.3. The highest BCUT2D eigenvalue weighted by Crippen LogP contribution is 2.33. The lowest BCUT2D eigenvalue weighted by atomic mass is 9.91. The van der Waals surface area contributed by atoms with Crippen molar-refractivity contribution in [2.24, 2.45) is 5.92 Å². The Morgan fingerprint density at radius 2 is 1.89 bits per heavy atom. The fourth-order valence-corrected chi connectivity index (χ4v) is 5.15. The number of benzene rings is 1. The van der Waals surface area contributed by atoms with Crippen molar-refractivity contribution >= 4 is 16.8 Å². The topological polar surface area (TPSA) is 86.8 Å². The first-order valence-corrected chi connectivity index (χ1v) is 13.2. The van der Waals surface area contributed by atoms with Crippen LogP contribution in [0.1, 0.15) is 31.2 Å². The second kappa shape index (κ2) is 10.4. The van der Waals surface area contributed by atoms with Gasteiger partial charge < -0.3 is 24.4 Å². The minimum absolute atomic E-state index is 0.159. The molecule has 198 valence electrons. The first-order valence-electron chi connectivity index (χ1n) is 13.2. The molecule has 2 aliphatic rings. The van der Waals surface area contributed by atoms with Gasteiger partial charge in [-0.1, -0.05) is 12.1 Å². The maximum absolute atomic E-state index is 13.3. The molecule has 1 amide bonds. The number of likely N-dealkylation sites (N-methyl/N-ethyl adjacent to an activating group) is 2. The number of hydrogen-bond acceptors (Lipinski definition) is 6. The minimum atomic E-state index is -0.999. The zero-order valence-corrected chi connectivity index (χ0v) is 22.1. The molecule has 9 nitrogen and oxygen atoms in total. The number of hydrogen-bond donors (Lipinski definition) is 1. The molecule has 0 unspecified atom stereocenters. The third-order valence-corrected chi connectivity index (χ3v) is 7.64. The van der Waals surface area contributed by atoms with Gasteiger partial charge in [-0.2, -0.15) is 5.10 Å². The van der Waals surface area contributed by atoms with Crippen LogP contribution in [-0.4, -0.2) is 93.0 Å². The van der Waals surface area contributed by atoms with Gasteiger partial charge in [-0.3, -0.25) is 9.59 Å². The van der Waals surface area contributed by atoms with Crippen molar-refractivity contribution in [1.82, 2.24) is 29.0 Å². The quantitative estimate of drug-likeness (QED) is 0.477. The Morgan fingerprint density at radius 1 is 1.14 bits per heavy atom. The Labute approximate surface area is 217 Å². The largest absolute Gasteiger partial charge is 0.388 e. The van der Waals surface area contributed by atoms with E-state index in [-0.39, 0.29) is 23.9 Å². The number of likely N-dealkylation sites (tertiary alicyclic amines) is 1. The molecule has 3 aromatic rings. The normalized spacial score (nSPS) is 17.7. The van der Waals surface area contributed by atoms with E-state index < -0.39 is 5.60 Å². The molecule has 5 rings (SSSR count). The zero-order chi connectivity index (χ0) is 26.2. The van der Waals surface area contributed by atoms with Gasteiger partial charge in [-0.15, -0.1) is 0 Å². The molecule has 2 aromatic heterocycles. The standard InChI is InChI=1S/C28H38N6O3/c1-30(2)15-16-31(3)19-21-5-4-6-23(17-21)34-25-9-12-33(27(36)24(25)18-29-34)20-28(37)10-13-32(14-11-28)26(35)22-7-8-22/h4-6,9,12,17-18,22,37H,7-8,10-11,13-16,19-20H2,1-3H3. The highest BCUT2D eigenvalue weighted by Gasteiger charge is 2.39. The van der Waals surface area contributed by atoms with Gasteiger partial charge in [0.25, 0.3) is 5.56 Å². The molecule has 1 aliphatic carbocycles. The average Bonchev–Trinajstić information content (AvgIpc) is 3.63. The lowest BCUT2D eigenvalue weighted by Crippen LogP contribution is -2.50. The van der Waals surface area contributed by atoms with Gasteiger partial charge in [0, 0.05) is 44.8 Å². The van der Waals surface area contributed by atoms with Gasteiger partial charge in [0.05, 0.1) is 34.9 Å². The van der Waals surface area contributed by atoms with Crippen LogP contribution in [-0.2, 0) is 17.9 Å². The summed E-state index contributed by atoms with van der Waals surface area (Å²) in [5.41, 5.74) is 1.69. The number of aromatic nitrogens is 3. The smallest absolute Gasteiger partial charge is 0.261 e. The van der Waals surface area contributed by atoms with Crippen LogP contribution in [0.15, 0.2) is 47.5 Å². The van der Waals surface area contributed by atoms with Crippen molar-refractivity contribution in [2.75, 3.05) is 47.3 Å². The zero-order valence-electron chi connectivity index (χ0n) is 22.1. The van der Waals surface area contributed by atoms with Crippen molar-refractivity contribution in [3.8, 4) is 5.69 Å². The highest BCUT2D eigenvalue weighted by molar-refractivity contribution is 5.81. The average molecular weight is 507 g/mol. The highest BCUT2D eigenvalue weighted by atomic mass is 16.3. The molecule has 3 heterocycles. The van der Waals surface area contributed by atoms with E-state index in [0.29, 0.717) is 31.3 Å². The number of fused-ring (bicyclic) bond motifs is 1. The maximum atomic E-state index is 13.3. The number of pyridine rings is 1. The summed E-state index contributed by atoms with van der Waals surface area (Å²) in [6, 6.07) is 10.1. The number of rotatable bonds is 9. The number of aliphatic hydroxyl groups is 1. The van der Waals surface area contributed by atoms with Crippen LogP contribution in [0.25, 0.3) is 16.6 Å². The van der Waals surface area contributed by atoms with Gasteiger partial charge in [0.2, 0.25) is 5.91 Å². The van der Waals surface area contributed by atoms with E-state index in [1.165, 1.54) is 5.56 Å². The second-order valence-corrected chi connectivity index (χ2v) is 11.1. The molecular weight excluding hydrogens is 468 g/mol. The maximum Gasteiger partial charge on any atom is 0.261 e. The van der Waals surface area contributed by atoms with Crippen LogP contribution >= 0.6 is 0 Å². The van der Waals surface area contributed by atoms with Crippen LogP contribution < -0.4 is 5.56 Å². The van der Waals surface area contributed by atoms with Gasteiger partial charge in [0.1, 0.15) is 0 Å². The van der Waals surface area contributed by atoms with Crippen molar-refractivity contribution in [3.63, 3.8) is 0 Å². The number of piperidine rings is 1. The number of amides is 1. The predicted molar refractivity (Wildman–Crippen MR) is 144 cm³/mol. The fraction of sp³-hybridized carbons (Fsp3) is 0.536. The Kier molecular flexibility index (Phi) is 7.20. The molecular formula is C28H38N6O3. The molecule has 1 saturated heterocycles. The molecule has 0 bridgehead atoms. The van der Waals surface area contributed by atoms with Crippen LogP contribution in [0.4, 0.5) is 0 Å². The number of nitrogens with zero attached hydrogens (tertiary/aromatic N) is 6. The molecule has 1 N–H and O–H groups in total. The Balaban J connectivity index is 1.30. The van der Waals surface area contributed by atoms with Crippen LogP contribution in [0.5, 0.6) is 0 Å². The van der Waals surface area contributed by atoms with Crippen molar-refractivity contribution < 1.29 is 9.90 Å². The van der Waals surface area contributed by atoms with E-state index in [9.17, 15) is 14.7 Å². The van der Waals surface area contributed by atoms with Gasteiger partial charge in [-0.25, -0.2) is 4.68 Å². The summed E-state index contributed by atoms with van der Waals surface area (Å²) in [6.07, 6.45) is 6.30. The first kappa shape index (κ1) is 25.6. The third kappa shape index (κ3) is 5.79. The second-order valence-electron chi connectivity index (χ2n) is 11.1. The lowest BCUT2D eigenvalue weighted by Gasteiger charge is -2.38. The van der Waals surface area contributed by atoms with Crippen LogP contribution in [0.3, 0.4) is 0 Å². The Morgan fingerprint density at radius 3 is 2.59 bits per heavy atom. The number of carbonyl (C=O) groups excluding carboxylic acids is 1. The van der Waals surface area contributed by atoms with Crippen molar-refractivity contribution in [3.05, 3.63) is 58.6 Å². The Bertz CT molecular complexity index is 1320. The van der Waals surface area contributed by atoms with Crippen LogP contribution in [0.2, 0.25) is 0 Å². The van der Waals surface area contributed by atoms with E-state index >= 15 is 0 Å². The monoisotopic (exact) mass is 506 g/mol. The van der Waals surface area contributed by atoms with Crippen molar-refractivity contribution in [1.29, 1.82) is 0 Å². The van der Waals surface area contributed by atoms with Gasteiger partial charge in [0.15, 0.2) is 0 Å². The Hall–Kier alpha value is -3.01. The summed E-state index contributed by atoms with van der Waals surface area (Å²) < 4.78 is 3.39. The molecule has 1 saturated carbocycles. The summed E-state index contributed by atoms with van der Waals surface area (Å²) >= 11 is 0. The van der Waals surface area contributed by atoms with E-state index in [4.69, 9.17) is 0 Å². The van der Waals surface area contributed by atoms with E-state index in [2.05, 4.69) is 48.2 Å². The summed E-state index contributed by atoms with van der Waals surface area (Å²) in [7, 11) is 6.27. The third-order valence-electron chi connectivity index (χ3n) is 7.64.